The molecule has 0 atom stereocenters. The van der Waals surface area contributed by atoms with E-state index < -0.39 is 0 Å². The second kappa shape index (κ2) is 10.1. The third kappa shape index (κ3) is 4.18. The van der Waals surface area contributed by atoms with E-state index in [0.717, 1.165) is 34.7 Å². The summed E-state index contributed by atoms with van der Waals surface area (Å²) >= 11 is 0. The molecule has 2 heterocycles. The molecule has 2 nitrogen and oxygen atoms in total. The van der Waals surface area contributed by atoms with Gasteiger partial charge in [-0.1, -0.05) is 111 Å². The molecule has 2 heteroatoms. The Bertz CT molecular complexity index is 2220. The summed E-state index contributed by atoms with van der Waals surface area (Å²) in [6, 6.07) is 48.1. The van der Waals surface area contributed by atoms with Gasteiger partial charge in [0.2, 0.25) is 0 Å². The van der Waals surface area contributed by atoms with Crippen molar-refractivity contribution in [2.45, 2.75) is 25.7 Å². The number of nitrogens with zero attached hydrogens (tertiary/aromatic N) is 1. The van der Waals surface area contributed by atoms with Gasteiger partial charge in [-0.25, -0.2) is 0 Å². The van der Waals surface area contributed by atoms with Crippen molar-refractivity contribution in [2.75, 3.05) is 0 Å². The summed E-state index contributed by atoms with van der Waals surface area (Å²) in [4.78, 5) is 0. The van der Waals surface area contributed by atoms with Gasteiger partial charge < -0.3 is 9.30 Å². The van der Waals surface area contributed by atoms with Crippen molar-refractivity contribution in [1.82, 2.24) is 4.57 Å². The van der Waals surface area contributed by atoms with Crippen LogP contribution in [0.15, 0.2) is 146 Å². The number of hydrogen-bond acceptors (Lipinski definition) is 1. The van der Waals surface area contributed by atoms with Gasteiger partial charge in [-0.05, 0) is 82.1 Å². The van der Waals surface area contributed by atoms with E-state index in [-0.39, 0.29) is 5.41 Å². The minimum absolute atomic E-state index is 0.0206. The number of hydrogen-bond donors (Lipinski definition) is 0. The van der Waals surface area contributed by atoms with E-state index in [1.807, 2.05) is 6.08 Å². The molecule has 0 aliphatic carbocycles. The van der Waals surface area contributed by atoms with Crippen molar-refractivity contribution in [3.8, 4) is 50.6 Å². The number of rotatable bonds is 5. The van der Waals surface area contributed by atoms with Gasteiger partial charge in [0.1, 0.15) is 11.5 Å². The SMILES string of the molecule is C=CCC(C)(C)c1ccc2c(c1)-c1ccccc1-c1cc(-n3c4ccccc4c4ccc(-c5ccccc5)cc43)ccc1O2. The zero-order valence-electron chi connectivity index (χ0n) is 25.0. The van der Waals surface area contributed by atoms with E-state index in [1.165, 1.54) is 49.6 Å². The standard InChI is InChI=1S/C42H33NO/c1-4-24-42(2,3)30-19-22-40-36(26-30)32-14-8-9-15-33(32)37-27-31(20-23-41(37)44-40)43-38-17-11-10-16-34(38)35-21-18-29(25-39(35)43)28-12-6-5-7-13-28/h4-23,25-27H,1,24H2,2-3H3. The minimum atomic E-state index is -0.0206. The molecular weight excluding hydrogens is 534 g/mol. The highest BCUT2D eigenvalue weighted by atomic mass is 16.5. The van der Waals surface area contributed by atoms with Crippen LogP contribution in [0.25, 0.3) is 60.9 Å². The predicted molar refractivity (Wildman–Crippen MR) is 185 cm³/mol. The molecule has 0 N–H and O–H groups in total. The highest BCUT2D eigenvalue weighted by Crippen LogP contribution is 2.49. The quantitative estimate of drug-likeness (QED) is 0.189. The van der Waals surface area contributed by atoms with Gasteiger partial charge in [-0.3, -0.25) is 0 Å². The molecule has 0 saturated carbocycles. The summed E-state index contributed by atoms with van der Waals surface area (Å²) in [5.74, 6) is 1.75. The third-order valence-corrected chi connectivity index (χ3v) is 9.15. The maximum atomic E-state index is 6.71. The first kappa shape index (κ1) is 26.3. The lowest BCUT2D eigenvalue weighted by atomic mass is 9.80. The zero-order valence-corrected chi connectivity index (χ0v) is 25.0. The second-order valence-corrected chi connectivity index (χ2v) is 12.4. The topological polar surface area (TPSA) is 14.2 Å². The Balaban J connectivity index is 1.34. The maximum absolute atomic E-state index is 6.71. The van der Waals surface area contributed by atoms with Crippen LogP contribution in [0.1, 0.15) is 25.8 Å². The van der Waals surface area contributed by atoms with Crippen LogP contribution in [0.3, 0.4) is 0 Å². The number of benzene rings is 6. The van der Waals surface area contributed by atoms with Crippen LogP contribution in [0.2, 0.25) is 0 Å². The van der Waals surface area contributed by atoms with Crippen LogP contribution in [0.4, 0.5) is 0 Å². The van der Waals surface area contributed by atoms with E-state index in [2.05, 4.69) is 158 Å². The maximum Gasteiger partial charge on any atom is 0.135 e. The first-order valence-electron chi connectivity index (χ1n) is 15.3. The summed E-state index contributed by atoms with van der Waals surface area (Å²) in [7, 11) is 0. The van der Waals surface area contributed by atoms with Crippen molar-refractivity contribution in [1.29, 1.82) is 0 Å². The Labute approximate surface area is 258 Å². The highest BCUT2D eigenvalue weighted by Gasteiger charge is 2.25. The summed E-state index contributed by atoms with van der Waals surface area (Å²) < 4.78 is 9.10. The molecular formula is C42H33NO. The number of aromatic nitrogens is 1. The fourth-order valence-corrected chi connectivity index (χ4v) is 6.82. The lowest BCUT2D eigenvalue weighted by Crippen LogP contribution is -2.15. The molecule has 0 bridgehead atoms. The molecule has 0 radical (unpaired) electrons. The second-order valence-electron chi connectivity index (χ2n) is 12.4. The summed E-state index contributed by atoms with van der Waals surface area (Å²) in [5.41, 5.74) is 11.7. The minimum Gasteiger partial charge on any atom is -0.456 e. The van der Waals surface area contributed by atoms with E-state index in [0.29, 0.717) is 0 Å². The fourth-order valence-electron chi connectivity index (χ4n) is 6.82. The molecule has 0 fully saturated rings. The Morgan fingerprint density at radius 3 is 2.02 bits per heavy atom. The first-order valence-corrected chi connectivity index (χ1v) is 15.3. The van der Waals surface area contributed by atoms with Gasteiger partial charge in [-0.15, -0.1) is 6.58 Å². The van der Waals surface area contributed by atoms with Crippen LogP contribution in [-0.4, -0.2) is 4.57 Å². The van der Waals surface area contributed by atoms with E-state index in [9.17, 15) is 0 Å². The smallest absolute Gasteiger partial charge is 0.135 e. The van der Waals surface area contributed by atoms with Gasteiger partial charge in [0, 0.05) is 27.6 Å². The molecule has 0 saturated heterocycles. The predicted octanol–water partition coefficient (Wildman–Crippen LogP) is 11.7. The van der Waals surface area contributed by atoms with Crippen molar-refractivity contribution in [2.24, 2.45) is 0 Å². The zero-order chi connectivity index (χ0) is 29.8. The Kier molecular flexibility index (Phi) is 6.06. The number of ether oxygens (including phenoxy) is 1. The van der Waals surface area contributed by atoms with Crippen molar-refractivity contribution >= 4 is 21.8 Å². The highest BCUT2D eigenvalue weighted by molar-refractivity contribution is 6.10. The van der Waals surface area contributed by atoms with Gasteiger partial charge in [0.05, 0.1) is 11.0 Å². The summed E-state index contributed by atoms with van der Waals surface area (Å²) in [5, 5.41) is 2.49. The monoisotopic (exact) mass is 567 g/mol. The third-order valence-electron chi connectivity index (χ3n) is 9.15. The van der Waals surface area contributed by atoms with Crippen molar-refractivity contribution < 1.29 is 4.74 Å². The number of fused-ring (bicyclic) bond motifs is 8. The van der Waals surface area contributed by atoms with Gasteiger partial charge in [0.15, 0.2) is 0 Å². The lowest BCUT2D eigenvalue weighted by molar-refractivity contribution is 0.485. The molecule has 1 aliphatic heterocycles. The van der Waals surface area contributed by atoms with Crippen LogP contribution in [0.5, 0.6) is 11.5 Å². The molecule has 8 rings (SSSR count). The van der Waals surface area contributed by atoms with Crippen molar-refractivity contribution in [3.63, 3.8) is 0 Å². The van der Waals surface area contributed by atoms with Crippen LogP contribution < -0.4 is 4.74 Å². The van der Waals surface area contributed by atoms with E-state index in [4.69, 9.17) is 4.74 Å². The summed E-state index contributed by atoms with van der Waals surface area (Å²) in [6.07, 6.45) is 2.91. The Morgan fingerprint density at radius 1 is 0.591 bits per heavy atom. The Hall–Kier alpha value is -5.34. The van der Waals surface area contributed by atoms with E-state index in [1.54, 1.807) is 0 Å². The largest absolute Gasteiger partial charge is 0.456 e. The molecule has 6 aromatic carbocycles. The molecule has 0 unspecified atom stereocenters. The average molecular weight is 568 g/mol. The van der Waals surface area contributed by atoms with Gasteiger partial charge in [0.25, 0.3) is 0 Å². The first-order chi connectivity index (χ1) is 21.5. The van der Waals surface area contributed by atoms with E-state index >= 15 is 0 Å². The number of para-hydroxylation sites is 1. The molecule has 7 aromatic rings. The molecule has 1 aliphatic rings. The lowest BCUT2D eigenvalue weighted by Gasteiger charge is -2.25. The molecule has 1 aromatic heterocycles. The summed E-state index contributed by atoms with van der Waals surface area (Å²) in [6.45, 7) is 8.54. The molecule has 0 spiro atoms. The Morgan fingerprint density at radius 2 is 1.25 bits per heavy atom. The fraction of sp³-hybridized carbons (Fsp3) is 0.0952. The normalized spacial score (nSPS) is 12.2. The van der Waals surface area contributed by atoms with Crippen LogP contribution in [0, 0.1) is 0 Å². The number of allylic oxidation sites excluding steroid dienone is 1. The molecule has 44 heavy (non-hydrogen) atoms. The van der Waals surface area contributed by atoms with Gasteiger partial charge in [-0.2, -0.15) is 0 Å². The molecule has 212 valence electrons. The average Bonchev–Trinajstić information content (AvgIpc) is 3.31. The van der Waals surface area contributed by atoms with Crippen molar-refractivity contribution in [3.05, 3.63) is 152 Å². The molecule has 0 amide bonds. The van der Waals surface area contributed by atoms with Crippen LogP contribution >= 0.6 is 0 Å². The van der Waals surface area contributed by atoms with Crippen LogP contribution in [-0.2, 0) is 5.41 Å². The van der Waals surface area contributed by atoms with Gasteiger partial charge >= 0.3 is 0 Å².